The van der Waals surface area contributed by atoms with Crippen LogP contribution in [0.4, 0.5) is 11.4 Å². The van der Waals surface area contributed by atoms with Gasteiger partial charge in [0.1, 0.15) is 33.8 Å². The first-order valence-corrected chi connectivity index (χ1v) is 22.8. The summed E-state index contributed by atoms with van der Waals surface area (Å²) in [4.78, 5) is 34.0. The van der Waals surface area contributed by atoms with Gasteiger partial charge in [0.05, 0.1) is 42.7 Å². The topological polar surface area (TPSA) is 233 Å². The number of fused-ring (bicyclic) bond motifs is 2. The molecule has 0 saturated carbocycles. The number of nitrogens with one attached hydrogen (secondary N) is 2. The molecule has 0 saturated heterocycles. The molecule has 0 aliphatic carbocycles. The van der Waals surface area contributed by atoms with E-state index in [1.165, 1.54) is 30.9 Å². The standard InChI is InChI=1S/C21H18BrN3O5S.C20H16BrN3O5S/c1-29-15-4-2-3-13(11-15)16(21-23-9-10-30-21)6-8-18(26)20-24-17-7-5-14(22)12-19(17)31(27,28)25-20;21-13-4-6-16-18(11-13)30(27,28)24-19(23-16)17(26)7-5-15(20-22-8-9-29-20)12-2-1-3-14(25)10-12/h2-5,7,9-12,16H,6,8H2,1H3,(H,24,25);1-4,6,8-11,15,25H,5,7H2,(H,23,24). The Morgan fingerprint density at radius 1 is 0.689 bits per heavy atom. The van der Waals surface area contributed by atoms with Crippen LogP contribution in [0.5, 0.6) is 11.5 Å². The van der Waals surface area contributed by atoms with Crippen LogP contribution in [-0.4, -0.2) is 62.3 Å². The Kier molecular flexibility index (Phi) is 13.0. The molecule has 3 N–H and O–H groups in total. The van der Waals surface area contributed by atoms with Crippen LogP contribution in [0.15, 0.2) is 146 Å². The molecule has 0 radical (unpaired) electrons. The summed E-state index contributed by atoms with van der Waals surface area (Å²) in [6.07, 6.45) is 6.62. The average Bonchev–Trinajstić information content (AvgIpc) is 3.98. The molecule has 0 fully saturated rings. The first-order valence-electron chi connectivity index (χ1n) is 18.3. The van der Waals surface area contributed by atoms with Gasteiger partial charge < -0.3 is 29.3 Å². The number of amidine groups is 2. The Morgan fingerprint density at radius 3 is 1.61 bits per heavy atom. The van der Waals surface area contributed by atoms with E-state index in [0.29, 0.717) is 44.3 Å². The predicted octanol–water partition coefficient (Wildman–Crippen LogP) is 7.98. The van der Waals surface area contributed by atoms with E-state index in [0.717, 1.165) is 11.1 Å². The van der Waals surface area contributed by atoms with Crippen molar-refractivity contribution in [1.82, 2.24) is 9.97 Å². The maximum absolute atomic E-state index is 12.8. The maximum atomic E-state index is 12.8. The Balaban J connectivity index is 0.000000184. The van der Waals surface area contributed by atoms with Gasteiger partial charge >= 0.3 is 0 Å². The number of sulfonamides is 2. The number of hydrogen-bond acceptors (Lipinski definition) is 14. The van der Waals surface area contributed by atoms with Crippen molar-refractivity contribution in [2.75, 3.05) is 17.7 Å². The van der Waals surface area contributed by atoms with Crippen LogP contribution in [0.25, 0.3) is 0 Å². The van der Waals surface area contributed by atoms with Crippen molar-refractivity contribution in [1.29, 1.82) is 0 Å². The zero-order valence-electron chi connectivity index (χ0n) is 31.9. The minimum atomic E-state index is -3.99. The fourth-order valence-electron chi connectivity index (χ4n) is 6.57. The molecule has 2 aromatic heterocycles. The molecule has 2 aliphatic heterocycles. The molecule has 2 unspecified atom stereocenters. The number of phenols is 1. The summed E-state index contributed by atoms with van der Waals surface area (Å²) in [5.74, 6) is -0.385. The third-order valence-electron chi connectivity index (χ3n) is 9.49. The molecule has 20 heteroatoms. The van der Waals surface area contributed by atoms with Gasteiger partial charge in [0.2, 0.25) is 11.8 Å². The van der Waals surface area contributed by atoms with Crippen LogP contribution < -0.4 is 15.4 Å². The highest BCUT2D eigenvalue weighted by Gasteiger charge is 2.31. The number of oxazole rings is 2. The highest BCUT2D eigenvalue weighted by molar-refractivity contribution is 9.10. The minimum Gasteiger partial charge on any atom is -0.508 e. The summed E-state index contributed by atoms with van der Waals surface area (Å²) < 4.78 is 74.7. The number of carbonyl (C=O) groups excluding carboxylic acids is 2. The lowest BCUT2D eigenvalue weighted by atomic mass is 9.92. The van der Waals surface area contributed by atoms with E-state index in [9.17, 15) is 31.5 Å². The normalized spacial score (nSPS) is 15.5. The second kappa shape index (κ2) is 18.3. The van der Waals surface area contributed by atoms with E-state index in [2.05, 4.69) is 61.3 Å². The fourth-order valence-corrected chi connectivity index (χ4v) is 9.92. The van der Waals surface area contributed by atoms with E-state index >= 15 is 0 Å². The molecule has 0 bridgehead atoms. The molecule has 8 rings (SSSR count). The van der Waals surface area contributed by atoms with Crippen molar-refractivity contribution in [3.05, 3.63) is 142 Å². The van der Waals surface area contributed by atoms with Crippen molar-refractivity contribution < 1.29 is 45.1 Å². The number of benzene rings is 4. The van der Waals surface area contributed by atoms with Gasteiger partial charge in [-0.05, 0) is 84.6 Å². The van der Waals surface area contributed by atoms with E-state index in [4.69, 9.17) is 13.6 Å². The molecule has 314 valence electrons. The Hall–Kier alpha value is -5.96. The number of carbonyl (C=O) groups is 2. The molecule has 61 heavy (non-hydrogen) atoms. The molecule has 0 spiro atoms. The third-order valence-corrected chi connectivity index (χ3v) is 13.1. The van der Waals surface area contributed by atoms with Gasteiger partial charge in [-0.15, -0.1) is 8.80 Å². The van der Waals surface area contributed by atoms with Crippen molar-refractivity contribution in [2.24, 2.45) is 8.80 Å². The number of anilines is 2. The lowest BCUT2D eigenvalue weighted by Crippen LogP contribution is -2.29. The van der Waals surface area contributed by atoms with E-state index < -0.39 is 31.6 Å². The van der Waals surface area contributed by atoms with Gasteiger partial charge in [0.25, 0.3) is 20.0 Å². The van der Waals surface area contributed by atoms with Crippen LogP contribution in [0.2, 0.25) is 0 Å². The average molecular weight is 995 g/mol. The molecule has 16 nitrogen and oxygen atoms in total. The maximum Gasteiger partial charge on any atom is 0.286 e. The van der Waals surface area contributed by atoms with Gasteiger partial charge in [0.15, 0.2) is 23.2 Å². The van der Waals surface area contributed by atoms with Crippen LogP contribution >= 0.6 is 31.9 Å². The number of rotatable bonds is 13. The SMILES string of the molecule is COc1cccc(C(CCC(=O)C2=NS(=O)(=O)c3cc(Br)ccc3N2)c2ncco2)c1.O=C(CCC(c1cccc(O)c1)c1ncco1)C1=NS(=O)(=O)c2cc(Br)ccc2N1. The fraction of sp³-hybridized carbons (Fsp3) is 0.171. The van der Waals surface area contributed by atoms with Crippen LogP contribution in [-0.2, 0) is 29.6 Å². The van der Waals surface area contributed by atoms with E-state index in [1.807, 2.05) is 24.3 Å². The summed E-state index contributed by atoms with van der Waals surface area (Å²) >= 11 is 6.48. The summed E-state index contributed by atoms with van der Waals surface area (Å²) in [6.45, 7) is 0. The van der Waals surface area contributed by atoms with Gasteiger partial charge in [-0.3, -0.25) is 9.59 Å². The van der Waals surface area contributed by atoms with E-state index in [1.54, 1.807) is 61.8 Å². The number of methoxy groups -OCH3 is 1. The number of hydrogen-bond donors (Lipinski definition) is 3. The molecule has 4 heterocycles. The Morgan fingerprint density at radius 2 is 1.16 bits per heavy atom. The molecule has 0 amide bonds. The molecular weight excluding hydrogens is 960 g/mol. The zero-order valence-corrected chi connectivity index (χ0v) is 36.7. The summed E-state index contributed by atoms with van der Waals surface area (Å²) in [7, 11) is -6.39. The van der Waals surface area contributed by atoms with Gasteiger partial charge in [-0.2, -0.15) is 16.8 Å². The van der Waals surface area contributed by atoms with Crippen molar-refractivity contribution >= 4 is 86.5 Å². The zero-order chi connectivity index (χ0) is 43.3. The number of phenolic OH excluding ortho intramolecular Hbond substituents is 1. The number of ketones is 2. The second-order valence-corrected chi connectivity index (χ2v) is 18.5. The predicted molar refractivity (Wildman–Crippen MR) is 231 cm³/mol. The quantitative estimate of drug-likeness (QED) is 0.0996. The number of ether oxygens (including phenoxy) is 1. The number of aromatic nitrogens is 2. The van der Waals surface area contributed by atoms with Gasteiger partial charge in [0, 0.05) is 21.8 Å². The van der Waals surface area contributed by atoms with Crippen LogP contribution in [0, 0.1) is 0 Å². The van der Waals surface area contributed by atoms with Crippen molar-refractivity contribution in [2.45, 2.75) is 47.3 Å². The molecule has 4 aromatic carbocycles. The second-order valence-electron chi connectivity index (χ2n) is 13.5. The Bertz CT molecular complexity index is 2890. The van der Waals surface area contributed by atoms with Gasteiger partial charge in [-0.1, -0.05) is 56.1 Å². The van der Waals surface area contributed by atoms with Crippen molar-refractivity contribution in [3.8, 4) is 11.5 Å². The summed E-state index contributed by atoms with van der Waals surface area (Å²) in [5, 5.41) is 15.4. The number of aromatic hydroxyl groups is 1. The summed E-state index contributed by atoms with van der Waals surface area (Å²) in [6, 6.07) is 23.4. The highest BCUT2D eigenvalue weighted by atomic mass is 79.9. The van der Waals surface area contributed by atoms with Crippen LogP contribution in [0.3, 0.4) is 0 Å². The molecule has 6 aromatic rings. The smallest absolute Gasteiger partial charge is 0.286 e. The molecule has 2 aliphatic rings. The lowest BCUT2D eigenvalue weighted by Gasteiger charge is -2.19. The highest BCUT2D eigenvalue weighted by Crippen LogP contribution is 2.35. The lowest BCUT2D eigenvalue weighted by molar-refractivity contribution is -0.113. The van der Waals surface area contributed by atoms with E-state index in [-0.39, 0.29) is 58.3 Å². The number of halogens is 2. The minimum absolute atomic E-state index is 0.00405. The number of Topliss-reactive ketones (excluding diaryl/α,β-unsaturated/α-hetero) is 2. The third kappa shape index (κ3) is 10.2. The first kappa shape index (κ1) is 43.1. The number of nitrogens with zero attached hydrogens (tertiary/aromatic N) is 4. The first-order chi connectivity index (χ1) is 29.2. The summed E-state index contributed by atoms with van der Waals surface area (Å²) in [5.41, 5.74) is 2.22. The van der Waals surface area contributed by atoms with Crippen LogP contribution in [0.1, 0.15) is 60.4 Å². The Labute approximate surface area is 366 Å². The van der Waals surface area contributed by atoms with Gasteiger partial charge in [-0.25, -0.2) is 9.97 Å². The largest absolute Gasteiger partial charge is 0.508 e. The molecule has 2 atom stereocenters. The van der Waals surface area contributed by atoms with Crippen molar-refractivity contribution in [3.63, 3.8) is 0 Å². The monoisotopic (exact) mass is 992 g/mol. The molecular formula is C41H34Br2N6O10S2.